The second-order valence-electron chi connectivity index (χ2n) is 2.69. The second-order valence-corrected chi connectivity index (χ2v) is 2.69. The molecule has 0 saturated heterocycles. The highest BCUT2D eigenvalue weighted by Gasteiger charge is 1.82. The maximum Gasteiger partial charge on any atom is 0.316 e. The monoisotopic (exact) mass is 208 g/mol. The normalized spacial score (nSPS) is 7.06. The minimum atomic E-state index is -0.454. The molecular weight excluding hydrogens is 200 g/mol. The van der Waals surface area contributed by atoms with Crippen molar-refractivity contribution in [3.8, 4) is 35.7 Å². The minimum absolute atomic E-state index is 0.454. The molecule has 0 bridgehead atoms. The van der Waals surface area contributed by atoms with Crippen LogP contribution in [0.25, 0.3) is 0 Å². The summed E-state index contributed by atoms with van der Waals surface area (Å²) >= 11 is 0. The molecule has 2 heteroatoms. The van der Waals surface area contributed by atoms with Gasteiger partial charge in [-0.25, -0.2) is 0 Å². The second kappa shape index (κ2) is 6.77. The molecule has 2 nitrogen and oxygen atoms in total. The van der Waals surface area contributed by atoms with Crippen LogP contribution in [-0.2, 0) is 9.53 Å². The molecule has 0 atom stereocenters. The molecule has 16 heavy (non-hydrogen) atoms. The fourth-order valence-electron chi connectivity index (χ4n) is 0.810. The summed E-state index contributed by atoms with van der Waals surface area (Å²) < 4.78 is 4.36. The zero-order valence-corrected chi connectivity index (χ0v) is 8.70. The van der Waals surface area contributed by atoms with Gasteiger partial charge in [0.05, 0.1) is 0 Å². The number of benzene rings is 1. The van der Waals surface area contributed by atoms with E-state index >= 15 is 0 Å². The van der Waals surface area contributed by atoms with Gasteiger partial charge in [-0.2, -0.15) is 0 Å². The van der Waals surface area contributed by atoms with Gasteiger partial charge in [0.25, 0.3) is 0 Å². The Bertz CT molecular complexity index is 537. The number of carbonyl (C=O) groups excluding carboxylic acids is 1. The molecule has 0 aliphatic carbocycles. The molecule has 0 unspecified atom stereocenters. The molecule has 76 valence electrons. The van der Waals surface area contributed by atoms with Crippen molar-refractivity contribution in [1.82, 2.24) is 0 Å². The number of esters is 1. The summed E-state index contributed by atoms with van der Waals surface area (Å²) in [7, 11) is 0. The molecule has 0 radical (unpaired) electrons. The topological polar surface area (TPSA) is 26.3 Å². The standard InChI is InChI=1S/C14H8O2/c1-13(15)16-12-8-3-2-5-9-14-10-6-4-7-11-14/h4,6-7,10-11H,1H3. The van der Waals surface area contributed by atoms with Gasteiger partial charge in [-0.1, -0.05) is 24.1 Å². The lowest BCUT2D eigenvalue weighted by molar-refractivity contribution is -0.134. The summed E-state index contributed by atoms with van der Waals surface area (Å²) in [6.45, 7) is 1.28. The third kappa shape index (κ3) is 5.18. The number of rotatable bonds is 0. The summed E-state index contributed by atoms with van der Waals surface area (Å²) in [6, 6.07) is 9.50. The van der Waals surface area contributed by atoms with Crippen molar-refractivity contribution < 1.29 is 9.53 Å². The number of ether oxygens (including phenoxy) is 1. The largest absolute Gasteiger partial charge is 0.371 e. The zero-order chi connectivity index (χ0) is 11.6. The van der Waals surface area contributed by atoms with Crippen molar-refractivity contribution in [2.45, 2.75) is 6.92 Å². The Balaban J connectivity index is 2.52. The van der Waals surface area contributed by atoms with E-state index in [1.807, 2.05) is 30.3 Å². The van der Waals surface area contributed by atoms with Crippen LogP contribution in [0.3, 0.4) is 0 Å². The molecule has 1 rings (SSSR count). The molecule has 0 heterocycles. The predicted octanol–water partition coefficient (Wildman–Crippen LogP) is 1.57. The van der Waals surface area contributed by atoms with Crippen LogP contribution in [0.15, 0.2) is 30.3 Å². The van der Waals surface area contributed by atoms with Gasteiger partial charge in [-0.15, -0.1) is 0 Å². The van der Waals surface area contributed by atoms with Gasteiger partial charge in [0.15, 0.2) is 0 Å². The molecule has 0 spiro atoms. The molecule has 1 aromatic rings. The van der Waals surface area contributed by atoms with Crippen molar-refractivity contribution in [3.05, 3.63) is 35.9 Å². The van der Waals surface area contributed by atoms with E-state index in [4.69, 9.17) is 0 Å². The molecule has 0 aliphatic heterocycles. The Hall–Kier alpha value is -2.63. The fraction of sp³-hybridized carbons (Fsp3) is 0.0714. The number of carbonyl (C=O) groups is 1. The van der Waals surface area contributed by atoms with E-state index in [0.29, 0.717) is 0 Å². The molecule has 0 aromatic heterocycles. The van der Waals surface area contributed by atoms with Crippen molar-refractivity contribution in [1.29, 1.82) is 0 Å². The van der Waals surface area contributed by atoms with E-state index in [2.05, 4.69) is 40.4 Å². The summed E-state index contributed by atoms with van der Waals surface area (Å²) in [5.74, 6) is 12.4. The van der Waals surface area contributed by atoms with E-state index in [1.165, 1.54) is 6.92 Å². The SMILES string of the molecule is CC(=O)OC#CC#CC#Cc1ccccc1. The highest BCUT2D eigenvalue weighted by Crippen LogP contribution is 1.93. The smallest absolute Gasteiger partial charge is 0.316 e. The Morgan fingerprint density at radius 2 is 1.75 bits per heavy atom. The first kappa shape index (κ1) is 11.4. The lowest BCUT2D eigenvalue weighted by Crippen LogP contribution is -1.89. The average Bonchev–Trinajstić information content (AvgIpc) is 2.29. The van der Waals surface area contributed by atoms with Gasteiger partial charge in [0.2, 0.25) is 0 Å². The summed E-state index contributed by atoms with van der Waals surface area (Å²) in [5.41, 5.74) is 0.893. The van der Waals surface area contributed by atoms with Crippen LogP contribution in [0.4, 0.5) is 0 Å². The maximum atomic E-state index is 10.3. The van der Waals surface area contributed by atoms with Gasteiger partial charge < -0.3 is 4.74 Å². The van der Waals surface area contributed by atoms with Crippen LogP contribution in [0.2, 0.25) is 0 Å². The van der Waals surface area contributed by atoms with Crippen LogP contribution >= 0.6 is 0 Å². The molecule has 0 N–H and O–H groups in total. The van der Waals surface area contributed by atoms with Crippen LogP contribution in [-0.4, -0.2) is 5.97 Å². The zero-order valence-electron chi connectivity index (χ0n) is 8.70. The molecule has 0 aliphatic rings. The van der Waals surface area contributed by atoms with Crippen LogP contribution < -0.4 is 0 Å². The first-order chi connectivity index (χ1) is 7.79. The average molecular weight is 208 g/mol. The Kier molecular flexibility index (Phi) is 4.84. The number of hydrogen-bond donors (Lipinski definition) is 0. The Morgan fingerprint density at radius 1 is 1.06 bits per heavy atom. The lowest BCUT2D eigenvalue weighted by Gasteiger charge is -1.83. The van der Waals surface area contributed by atoms with Gasteiger partial charge in [0, 0.05) is 24.3 Å². The fourth-order valence-corrected chi connectivity index (χ4v) is 0.810. The van der Waals surface area contributed by atoms with E-state index < -0.39 is 5.97 Å². The van der Waals surface area contributed by atoms with E-state index in [1.54, 1.807) is 0 Å². The first-order valence-corrected chi connectivity index (χ1v) is 4.52. The molecule has 1 aromatic carbocycles. The van der Waals surface area contributed by atoms with Gasteiger partial charge in [-0.3, -0.25) is 4.79 Å². The highest BCUT2D eigenvalue weighted by molar-refractivity contribution is 5.67. The van der Waals surface area contributed by atoms with Crippen LogP contribution in [0.5, 0.6) is 0 Å². The van der Waals surface area contributed by atoms with E-state index in [9.17, 15) is 4.79 Å². The van der Waals surface area contributed by atoms with Gasteiger partial charge in [-0.05, 0) is 24.0 Å². The first-order valence-electron chi connectivity index (χ1n) is 4.52. The Morgan fingerprint density at radius 3 is 2.44 bits per heavy atom. The summed E-state index contributed by atoms with van der Waals surface area (Å²) in [5, 5.41) is 0. The predicted molar refractivity (Wildman–Crippen MR) is 60.6 cm³/mol. The molecular formula is C14H8O2. The summed E-state index contributed by atoms with van der Waals surface area (Å²) in [6.07, 6.45) is 2.14. The Labute approximate surface area is 94.6 Å². The van der Waals surface area contributed by atoms with E-state index in [-0.39, 0.29) is 0 Å². The van der Waals surface area contributed by atoms with Gasteiger partial charge in [0.1, 0.15) is 6.11 Å². The number of hydrogen-bond acceptors (Lipinski definition) is 2. The quantitative estimate of drug-likeness (QED) is 0.478. The lowest BCUT2D eigenvalue weighted by atomic mass is 10.2. The highest BCUT2D eigenvalue weighted by atomic mass is 16.5. The third-order valence-electron chi connectivity index (χ3n) is 1.41. The summed E-state index contributed by atoms with van der Waals surface area (Å²) in [4.78, 5) is 10.3. The van der Waals surface area contributed by atoms with Crippen molar-refractivity contribution in [2.75, 3.05) is 0 Å². The third-order valence-corrected chi connectivity index (χ3v) is 1.41. The molecule has 0 amide bonds. The maximum absolute atomic E-state index is 10.3. The van der Waals surface area contributed by atoms with Crippen LogP contribution in [0, 0.1) is 35.7 Å². The molecule has 0 fully saturated rings. The van der Waals surface area contributed by atoms with Crippen molar-refractivity contribution in [3.63, 3.8) is 0 Å². The van der Waals surface area contributed by atoms with Gasteiger partial charge >= 0.3 is 5.97 Å². The van der Waals surface area contributed by atoms with Crippen molar-refractivity contribution in [2.24, 2.45) is 0 Å². The minimum Gasteiger partial charge on any atom is -0.371 e. The van der Waals surface area contributed by atoms with Crippen molar-refractivity contribution >= 4 is 5.97 Å². The van der Waals surface area contributed by atoms with Crippen LogP contribution in [0.1, 0.15) is 12.5 Å². The molecule has 0 saturated carbocycles. The van der Waals surface area contributed by atoms with E-state index in [0.717, 1.165) is 5.56 Å².